The van der Waals surface area contributed by atoms with Gasteiger partial charge in [0.05, 0.1) is 38.0 Å². The molecule has 8 heteroatoms. The van der Waals surface area contributed by atoms with E-state index in [2.05, 4.69) is 10.3 Å². The second-order valence-electron chi connectivity index (χ2n) is 9.19. The summed E-state index contributed by atoms with van der Waals surface area (Å²) < 4.78 is 10.6. The number of hydrogen-bond acceptors (Lipinski definition) is 7. The van der Waals surface area contributed by atoms with Crippen LogP contribution < -0.4 is 10.1 Å². The maximum absolute atomic E-state index is 13.0. The maximum Gasteiger partial charge on any atom is 0.338 e. The fourth-order valence-corrected chi connectivity index (χ4v) is 6.68. The van der Waals surface area contributed by atoms with Gasteiger partial charge in [-0.15, -0.1) is 0 Å². The Hall–Kier alpha value is -2.74. The van der Waals surface area contributed by atoms with E-state index < -0.39 is 12.0 Å². The molecule has 174 valence electrons. The van der Waals surface area contributed by atoms with Crippen LogP contribution in [0.2, 0.25) is 0 Å². The molecule has 1 aromatic rings. The van der Waals surface area contributed by atoms with Gasteiger partial charge in [0, 0.05) is 11.7 Å². The number of fused-ring (bicyclic) bond motifs is 3. The summed E-state index contributed by atoms with van der Waals surface area (Å²) in [6.45, 7) is 1.82. The van der Waals surface area contributed by atoms with Gasteiger partial charge in [-0.05, 0) is 61.1 Å². The minimum Gasteiger partial charge on any atom is -0.497 e. The molecule has 1 amide bonds. The zero-order chi connectivity index (χ0) is 23.1. The lowest BCUT2D eigenvalue weighted by Crippen LogP contribution is -2.41. The molecule has 0 unspecified atom stereocenters. The number of carbonyl (C=O) groups is 2. The van der Waals surface area contributed by atoms with Crippen molar-refractivity contribution >= 4 is 28.8 Å². The van der Waals surface area contributed by atoms with E-state index >= 15 is 0 Å². The highest BCUT2D eigenvalue weighted by molar-refractivity contribution is 8.16. The highest BCUT2D eigenvalue weighted by Gasteiger charge is 2.43. The monoisotopic (exact) mass is 467 g/mol. The third kappa shape index (κ3) is 4.05. The van der Waals surface area contributed by atoms with E-state index in [9.17, 15) is 9.59 Å². The number of carbonyl (C=O) groups excluding carboxylic acids is 2. The molecule has 1 aromatic carbocycles. The van der Waals surface area contributed by atoms with Gasteiger partial charge in [0.15, 0.2) is 5.17 Å². The molecule has 2 aliphatic heterocycles. The number of amidine groups is 1. The third-order valence-corrected chi connectivity index (χ3v) is 8.13. The molecule has 2 saturated carbocycles. The summed E-state index contributed by atoms with van der Waals surface area (Å²) >= 11 is 1.48. The van der Waals surface area contributed by atoms with Crippen LogP contribution in [0.1, 0.15) is 50.6 Å². The number of benzene rings is 1. The van der Waals surface area contributed by atoms with Gasteiger partial charge in [0.2, 0.25) is 5.91 Å². The van der Waals surface area contributed by atoms with Crippen LogP contribution >= 0.6 is 11.8 Å². The lowest BCUT2D eigenvalue weighted by atomic mass is 9.93. The summed E-state index contributed by atoms with van der Waals surface area (Å²) in [7, 11) is 3.00. The van der Waals surface area contributed by atoms with Crippen molar-refractivity contribution in [3.63, 3.8) is 0 Å². The Morgan fingerprint density at radius 3 is 2.79 bits per heavy atom. The molecule has 33 heavy (non-hydrogen) atoms. The van der Waals surface area contributed by atoms with Crippen LogP contribution in [0.4, 0.5) is 0 Å². The zero-order valence-electron chi connectivity index (χ0n) is 19.2. The first kappa shape index (κ1) is 22.1. The van der Waals surface area contributed by atoms with Crippen LogP contribution in [0, 0.1) is 11.8 Å². The van der Waals surface area contributed by atoms with Gasteiger partial charge in [-0.25, -0.2) is 9.79 Å². The van der Waals surface area contributed by atoms with Crippen LogP contribution in [0.25, 0.3) is 0 Å². The molecule has 0 saturated heterocycles. The van der Waals surface area contributed by atoms with Crippen LogP contribution in [-0.4, -0.2) is 42.2 Å². The van der Waals surface area contributed by atoms with Crippen molar-refractivity contribution in [3.05, 3.63) is 52.2 Å². The number of ether oxygens (including phenoxy) is 2. The van der Waals surface area contributed by atoms with Gasteiger partial charge in [-0.2, -0.15) is 0 Å². The normalized spacial score (nSPS) is 27.8. The van der Waals surface area contributed by atoms with Crippen molar-refractivity contribution in [2.24, 2.45) is 16.8 Å². The summed E-state index contributed by atoms with van der Waals surface area (Å²) in [4.78, 5) is 32.5. The first-order chi connectivity index (χ1) is 16.0. The van der Waals surface area contributed by atoms with Crippen molar-refractivity contribution in [2.45, 2.75) is 51.1 Å². The van der Waals surface area contributed by atoms with E-state index in [0.29, 0.717) is 29.0 Å². The lowest BCUT2D eigenvalue weighted by Gasteiger charge is -2.36. The van der Waals surface area contributed by atoms with Crippen LogP contribution in [0.15, 0.2) is 51.6 Å². The predicted octanol–water partition coefficient (Wildman–Crippen LogP) is 4.14. The Morgan fingerprint density at radius 2 is 2.09 bits per heavy atom. The molecule has 2 fully saturated rings. The fourth-order valence-electron chi connectivity index (χ4n) is 5.71. The van der Waals surface area contributed by atoms with E-state index in [1.165, 1.54) is 38.1 Å². The highest BCUT2D eigenvalue weighted by atomic mass is 32.2. The average Bonchev–Trinajstić information content (AvgIpc) is 3.54. The molecule has 7 nitrogen and oxygen atoms in total. The minimum absolute atomic E-state index is 0.0240. The predicted molar refractivity (Wildman–Crippen MR) is 127 cm³/mol. The Kier molecular flexibility index (Phi) is 5.95. The number of amides is 1. The molecule has 2 aliphatic carbocycles. The van der Waals surface area contributed by atoms with Crippen molar-refractivity contribution in [3.8, 4) is 5.75 Å². The van der Waals surface area contributed by atoms with E-state index in [1.54, 1.807) is 7.11 Å². The van der Waals surface area contributed by atoms with Gasteiger partial charge in [0.1, 0.15) is 5.75 Å². The molecule has 4 aliphatic rings. The van der Waals surface area contributed by atoms with Crippen molar-refractivity contribution < 1.29 is 19.1 Å². The highest BCUT2D eigenvalue weighted by Crippen LogP contribution is 2.46. The van der Waals surface area contributed by atoms with Gasteiger partial charge in [-0.1, -0.05) is 30.3 Å². The van der Waals surface area contributed by atoms with Crippen LogP contribution in [-0.2, 0) is 14.3 Å². The summed E-state index contributed by atoms with van der Waals surface area (Å²) in [6.07, 6.45) is 5.12. The first-order valence-corrected chi connectivity index (χ1v) is 12.3. The smallest absolute Gasteiger partial charge is 0.338 e. The molecule has 0 spiro atoms. The molecular formula is C25H29N3O4S. The standard InChI is InChI=1S/C25H29N3O4S/c1-14-22(24(30)32-3)23(17-5-4-6-19(11-17)31-2)28-18(13-33-25(28)26-14)12-21(29)27-20-10-15-7-8-16(20)9-15/h4-6,11,13,15-16,20,23H,7-10,12H2,1-3H3,(H,27,29)/t15-,16-,20-,23+/m0/s1. The van der Waals surface area contributed by atoms with Crippen molar-refractivity contribution in [1.29, 1.82) is 0 Å². The second kappa shape index (κ2) is 8.89. The molecule has 0 radical (unpaired) electrons. The number of allylic oxidation sites excluding steroid dienone is 1. The van der Waals surface area contributed by atoms with Crippen LogP contribution in [0.5, 0.6) is 5.75 Å². The Balaban J connectivity index is 1.43. The number of hydrogen-bond donors (Lipinski definition) is 1. The summed E-state index contributed by atoms with van der Waals surface area (Å²) in [6, 6.07) is 7.49. The number of rotatable bonds is 6. The summed E-state index contributed by atoms with van der Waals surface area (Å²) in [5.41, 5.74) is 2.80. The van der Waals surface area contributed by atoms with Crippen LogP contribution in [0.3, 0.4) is 0 Å². The maximum atomic E-state index is 13.0. The number of nitrogens with zero attached hydrogens (tertiary/aromatic N) is 2. The van der Waals surface area contributed by atoms with E-state index in [0.717, 1.165) is 28.8 Å². The van der Waals surface area contributed by atoms with Crippen molar-refractivity contribution in [1.82, 2.24) is 10.2 Å². The summed E-state index contributed by atoms with van der Waals surface area (Å²) in [5.74, 6) is 1.70. The lowest BCUT2D eigenvalue weighted by molar-refractivity contribution is -0.136. The minimum atomic E-state index is -0.448. The molecule has 0 aromatic heterocycles. The molecular weight excluding hydrogens is 438 g/mol. The molecule has 4 atom stereocenters. The van der Waals surface area contributed by atoms with Gasteiger partial charge >= 0.3 is 5.97 Å². The first-order valence-electron chi connectivity index (χ1n) is 11.4. The SMILES string of the molecule is COC(=O)C1=C(C)N=C2SC=C(CC(=O)N[C@H]3C[C@H]4CC[C@H]3C4)N2[C@@H]1c1cccc(OC)c1. The average molecular weight is 468 g/mol. The number of thioether (sulfide) groups is 1. The van der Waals surface area contributed by atoms with Gasteiger partial charge < -0.3 is 19.7 Å². The largest absolute Gasteiger partial charge is 0.497 e. The number of esters is 1. The number of nitrogens with one attached hydrogen (secondary N) is 1. The van der Waals surface area contributed by atoms with Gasteiger partial charge in [0.25, 0.3) is 0 Å². The molecule has 2 heterocycles. The Labute approximate surface area is 198 Å². The molecule has 1 N–H and O–H groups in total. The van der Waals surface area contributed by atoms with E-state index in [-0.39, 0.29) is 12.3 Å². The summed E-state index contributed by atoms with van der Waals surface area (Å²) in [5, 5.41) is 6.01. The van der Waals surface area contributed by atoms with Crippen molar-refractivity contribution in [2.75, 3.05) is 14.2 Å². The Morgan fingerprint density at radius 1 is 1.24 bits per heavy atom. The topological polar surface area (TPSA) is 80.2 Å². The van der Waals surface area contributed by atoms with E-state index in [4.69, 9.17) is 9.47 Å². The molecule has 2 bridgehead atoms. The number of methoxy groups -OCH3 is 2. The molecule has 5 rings (SSSR count). The second-order valence-corrected chi connectivity index (χ2v) is 10.0. The quantitative estimate of drug-likeness (QED) is 0.634. The number of aliphatic imine (C=N–C) groups is 1. The van der Waals surface area contributed by atoms with Gasteiger partial charge in [-0.3, -0.25) is 4.79 Å². The Bertz CT molecular complexity index is 1080. The fraction of sp³-hybridized carbons (Fsp3) is 0.480. The third-order valence-electron chi connectivity index (χ3n) is 7.24. The zero-order valence-corrected chi connectivity index (χ0v) is 20.0. The van der Waals surface area contributed by atoms with E-state index in [1.807, 2.05) is 41.5 Å².